The number of carboxylic acids is 1. The number of Topliss-reactive ketones (excluding diaryl/α,β-unsaturated/α-hetero) is 1. The molecule has 0 aliphatic carbocycles. The Hall–Kier alpha value is -1.16. The fraction of sp³-hybridized carbons (Fsp3) is 0.600. The number of aliphatic hydroxyl groups excluding tert-OH is 1. The quantitative estimate of drug-likeness (QED) is 0.604. The van der Waals surface area contributed by atoms with Gasteiger partial charge in [0.1, 0.15) is 5.78 Å². The molecule has 4 heteroatoms. The maximum atomic E-state index is 11.1. The molecule has 0 aromatic carbocycles. The monoisotopic (exact) mass is 200 g/mol. The van der Waals surface area contributed by atoms with Crippen molar-refractivity contribution >= 4 is 11.8 Å². The molecule has 4 nitrogen and oxygen atoms in total. The minimum Gasteiger partial charge on any atom is -0.481 e. The van der Waals surface area contributed by atoms with Crippen molar-refractivity contribution in [2.24, 2.45) is 0 Å². The third-order valence-corrected chi connectivity index (χ3v) is 1.70. The van der Waals surface area contributed by atoms with Gasteiger partial charge in [0, 0.05) is 12.8 Å². The normalized spacial score (nSPS) is 13.0. The number of hydrogen-bond acceptors (Lipinski definition) is 3. The van der Waals surface area contributed by atoms with Gasteiger partial charge < -0.3 is 10.2 Å². The lowest BCUT2D eigenvalue weighted by Crippen LogP contribution is -2.17. The molecule has 0 heterocycles. The molecular weight excluding hydrogens is 184 g/mol. The van der Waals surface area contributed by atoms with E-state index in [2.05, 4.69) is 0 Å². The van der Waals surface area contributed by atoms with Crippen LogP contribution < -0.4 is 0 Å². The summed E-state index contributed by atoms with van der Waals surface area (Å²) in [5.74, 6) is -1.18. The topological polar surface area (TPSA) is 74.6 Å². The van der Waals surface area contributed by atoms with Gasteiger partial charge in [-0.2, -0.15) is 0 Å². The summed E-state index contributed by atoms with van der Waals surface area (Å²) in [5.41, 5.74) is 0. The molecule has 80 valence electrons. The van der Waals surface area contributed by atoms with Crippen molar-refractivity contribution in [1.29, 1.82) is 0 Å². The van der Waals surface area contributed by atoms with E-state index in [-0.39, 0.29) is 18.6 Å². The average molecular weight is 200 g/mol. The molecular formula is C10H16O4. The zero-order chi connectivity index (χ0) is 11.0. The highest BCUT2D eigenvalue weighted by Crippen LogP contribution is 2.03. The number of aliphatic hydroxyl groups is 1. The summed E-state index contributed by atoms with van der Waals surface area (Å²) in [6.45, 7) is 1.86. The van der Waals surface area contributed by atoms with Gasteiger partial charge in [0.25, 0.3) is 0 Å². The van der Waals surface area contributed by atoms with Crippen LogP contribution in [0.15, 0.2) is 12.2 Å². The lowest BCUT2D eigenvalue weighted by Gasteiger charge is -2.05. The highest BCUT2D eigenvalue weighted by atomic mass is 16.4. The molecule has 0 unspecified atom stereocenters. The van der Waals surface area contributed by atoms with E-state index in [1.165, 1.54) is 0 Å². The van der Waals surface area contributed by atoms with Crippen molar-refractivity contribution in [1.82, 2.24) is 0 Å². The molecule has 0 aliphatic heterocycles. The van der Waals surface area contributed by atoms with E-state index in [4.69, 9.17) is 10.2 Å². The largest absolute Gasteiger partial charge is 0.481 e. The van der Waals surface area contributed by atoms with Gasteiger partial charge >= 0.3 is 5.97 Å². The first kappa shape index (κ1) is 12.8. The second kappa shape index (κ2) is 7.26. The summed E-state index contributed by atoms with van der Waals surface area (Å²) < 4.78 is 0. The van der Waals surface area contributed by atoms with E-state index >= 15 is 0 Å². The van der Waals surface area contributed by atoms with Gasteiger partial charge in [0.2, 0.25) is 0 Å². The zero-order valence-corrected chi connectivity index (χ0v) is 8.27. The van der Waals surface area contributed by atoms with Crippen LogP contribution in [0.2, 0.25) is 0 Å². The van der Waals surface area contributed by atoms with Crippen molar-refractivity contribution in [2.45, 2.75) is 38.7 Å². The van der Waals surface area contributed by atoms with Crippen LogP contribution in [0.5, 0.6) is 0 Å². The van der Waals surface area contributed by atoms with Gasteiger partial charge in [-0.1, -0.05) is 12.2 Å². The summed E-state index contributed by atoms with van der Waals surface area (Å²) >= 11 is 0. The molecule has 0 aromatic rings. The number of hydrogen-bond donors (Lipinski definition) is 2. The van der Waals surface area contributed by atoms with Crippen molar-refractivity contribution in [3.8, 4) is 0 Å². The molecule has 2 N–H and O–H groups in total. The van der Waals surface area contributed by atoms with Crippen LogP contribution in [0.25, 0.3) is 0 Å². The highest BCUT2D eigenvalue weighted by Gasteiger charge is 2.13. The lowest BCUT2D eigenvalue weighted by molar-refractivity contribution is -0.139. The van der Waals surface area contributed by atoms with Crippen molar-refractivity contribution < 1.29 is 19.8 Å². The van der Waals surface area contributed by atoms with Crippen LogP contribution in [-0.4, -0.2) is 28.1 Å². The molecule has 0 spiro atoms. The van der Waals surface area contributed by atoms with Crippen molar-refractivity contribution in [3.63, 3.8) is 0 Å². The molecule has 0 saturated heterocycles. The number of allylic oxidation sites excluding steroid dienone is 2. The second-order valence-corrected chi connectivity index (χ2v) is 3.10. The molecule has 0 bridgehead atoms. The molecule has 0 aliphatic rings. The van der Waals surface area contributed by atoms with Crippen molar-refractivity contribution in [3.05, 3.63) is 12.2 Å². The third-order valence-electron chi connectivity index (χ3n) is 1.70. The van der Waals surface area contributed by atoms with Crippen LogP contribution in [-0.2, 0) is 9.59 Å². The first-order valence-electron chi connectivity index (χ1n) is 4.59. The maximum Gasteiger partial charge on any atom is 0.305 e. The molecule has 0 amide bonds. The first-order valence-corrected chi connectivity index (χ1v) is 4.59. The molecule has 14 heavy (non-hydrogen) atoms. The summed E-state index contributed by atoms with van der Waals surface area (Å²) in [5, 5.41) is 17.5. The number of carboxylic acid groups (broad SMARTS) is 1. The Kier molecular flexibility index (Phi) is 6.66. The van der Waals surface area contributed by atoms with E-state index < -0.39 is 12.1 Å². The Labute approximate surface area is 83.2 Å². The zero-order valence-electron chi connectivity index (χ0n) is 8.27. The second-order valence-electron chi connectivity index (χ2n) is 3.10. The highest BCUT2D eigenvalue weighted by molar-refractivity contribution is 5.79. The summed E-state index contributed by atoms with van der Waals surface area (Å²) in [6.07, 6.45) is 3.24. The van der Waals surface area contributed by atoms with Gasteiger partial charge in [-0.15, -0.1) is 0 Å². The molecule has 0 rings (SSSR count). The van der Waals surface area contributed by atoms with Gasteiger partial charge in [0.05, 0.1) is 12.5 Å². The maximum absolute atomic E-state index is 11.1. The predicted octanol–water partition coefficient (Wildman–Crippen LogP) is 1.14. The van der Waals surface area contributed by atoms with E-state index in [1.807, 2.05) is 19.1 Å². The van der Waals surface area contributed by atoms with Crippen LogP contribution in [0.3, 0.4) is 0 Å². The summed E-state index contributed by atoms with van der Waals surface area (Å²) in [7, 11) is 0. The van der Waals surface area contributed by atoms with E-state index in [9.17, 15) is 9.59 Å². The van der Waals surface area contributed by atoms with Crippen molar-refractivity contribution in [2.75, 3.05) is 0 Å². The molecule has 0 radical (unpaired) electrons. The van der Waals surface area contributed by atoms with E-state index in [1.54, 1.807) is 0 Å². The lowest BCUT2D eigenvalue weighted by atomic mass is 10.1. The van der Waals surface area contributed by atoms with Crippen LogP contribution in [0, 0.1) is 0 Å². The van der Waals surface area contributed by atoms with Gasteiger partial charge in [0.15, 0.2) is 0 Å². The minimum absolute atomic E-state index is 0.0656. The Morgan fingerprint density at radius 3 is 2.50 bits per heavy atom. The fourth-order valence-electron chi connectivity index (χ4n) is 1.05. The SMILES string of the molecule is C/C=C/CCC(=O)C[C@@H](O)CC(=O)O. The number of aliphatic carboxylic acids is 1. The number of rotatable bonds is 7. The Balaban J connectivity index is 3.65. The van der Waals surface area contributed by atoms with Crippen LogP contribution >= 0.6 is 0 Å². The Bertz CT molecular complexity index is 220. The van der Waals surface area contributed by atoms with Crippen LogP contribution in [0.4, 0.5) is 0 Å². The molecule has 0 fully saturated rings. The first-order chi connectivity index (χ1) is 6.56. The predicted molar refractivity (Wildman–Crippen MR) is 51.9 cm³/mol. The van der Waals surface area contributed by atoms with Gasteiger partial charge in [-0.3, -0.25) is 9.59 Å². The summed E-state index contributed by atoms with van der Waals surface area (Å²) in [6, 6.07) is 0. The Morgan fingerprint density at radius 1 is 1.36 bits per heavy atom. The number of ketones is 1. The number of carbonyl (C=O) groups is 2. The van der Waals surface area contributed by atoms with Crippen LogP contribution in [0.1, 0.15) is 32.6 Å². The minimum atomic E-state index is -1.08. The molecule has 1 atom stereocenters. The molecule has 0 aromatic heterocycles. The fourth-order valence-corrected chi connectivity index (χ4v) is 1.05. The smallest absolute Gasteiger partial charge is 0.305 e. The molecule has 0 saturated carbocycles. The standard InChI is InChI=1S/C10H16O4/c1-2-3-4-5-8(11)6-9(12)7-10(13)14/h2-3,9,12H,4-7H2,1H3,(H,13,14)/b3-2+/t9-/m1/s1. The van der Waals surface area contributed by atoms with Gasteiger partial charge in [-0.25, -0.2) is 0 Å². The average Bonchev–Trinajstić information content (AvgIpc) is 2.02. The third kappa shape index (κ3) is 7.49. The Morgan fingerprint density at radius 2 is 2.00 bits per heavy atom. The summed E-state index contributed by atoms with van der Waals surface area (Å²) in [4.78, 5) is 21.3. The van der Waals surface area contributed by atoms with E-state index in [0.717, 1.165) is 0 Å². The number of carbonyl (C=O) groups excluding carboxylic acids is 1. The van der Waals surface area contributed by atoms with E-state index in [0.29, 0.717) is 12.8 Å². The van der Waals surface area contributed by atoms with Gasteiger partial charge in [-0.05, 0) is 13.3 Å².